The topological polar surface area (TPSA) is 76.6 Å². The Labute approximate surface area is 190 Å². The van der Waals surface area contributed by atoms with Crippen molar-refractivity contribution in [1.82, 2.24) is 4.98 Å². The van der Waals surface area contributed by atoms with Crippen LogP contribution in [0.1, 0.15) is 17.0 Å². The molecule has 6 nitrogen and oxygen atoms in total. The number of carbonyl (C=O) groups excluding carboxylic acids is 1. The van der Waals surface area contributed by atoms with Gasteiger partial charge in [0.1, 0.15) is 10.6 Å². The molecule has 1 aromatic heterocycles. The van der Waals surface area contributed by atoms with Gasteiger partial charge in [-0.2, -0.15) is 0 Å². The van der Waals surface area contributed by atoms with E-state index in [2.05, 4.69) is 4.98 Å². The van der Waals surface area contributed by atoms with Crippen LogP contribution in [0.3, 0.4) is 0 Å². The quantitative estimate of drug-likeness (QED) is 0.435. The molecular weight excluding hydrogens is 448 g/mol. The zero-order valence-electron chi connectivity index (χ0n) is 16.9. The maximum absolute atomic E-state index is 13.8. The molecule has 0 aliphatic carbocycles. The Morgan fingerprint density at radius 2 is 1.75 bits per heavy atom. The summed E-state index contributed by atoms with van der Waals surface area (Å²) < 4.78 is 34.0. The van der Waals surface area contributed by atoms with Crippen molar-refractivity contribution in [3.63, 3.8) is 0 Å². The van der Waals surface area contributed by atoms with Gasteiger partial charge in [-0.15, -0.1) is 0 Å². The monoisotopic (exact) mass is 464 g/mol. The minimum Gasteiger partial charge on any atom is -0.496 e. The van der Waals surface area contributed by atoms with Crippen molar-refractivity contribution in [3.05, 3.63) is 95.1 Å². The largest absolute Gasteiger partial charge is 0.496 e. The molecule has 0 fully saturated rings. The van der Waals surface area contributed by atoms with Crippen LogP contribution in [0.5, 0.6) is 5.75 Å². The van der Waals surface area contributed by atoms with Crippen molar-refractivity contribution in [2.24, 2.45) is 0 Å². The number of rotatable bonds is 4. The zero-order valence-corrected chi connectivity index (χ0v) is 18.5. The fourth-order valence-corrected chi connectivity index (χ4v) is 5.96. The number of amides is 1. The summed E-state index contributed by atoms with van der Waals surface area (Å²) in [5, 5.41) is 1.07. The predicted molar refractivity (Wildman–Crippen MR) is 123 cm³/mol. The highest BCUT2D eigenvalue weighted by Crippen LogP contribution is 2.47. The number of benzene rings is 3. The van der Waals surface area contributed by atoms with Gasteiger partial charge < -0.3 is 4.74 Å². The SMILES string of the molecule is COc1ccccc1C1C(=O)N(S(=O)(=O)c2cccc3cccnc23)c2ccc(Cl)cc21. The van der Waals surface area contributed by atoms with E-state index in [4.69, 9.17) is 16.3 Å². The lowest BCUT2D eigenvalue weighted by Gasteiger charge is -2.19. The number of hydrogen-bond acceptors (Lipinski definition) is 5. The molecule has 32 heavy (non-hydrogen) atoms. The summed E-state index contributed by atoms with van der Waals surface area (Å²) in [5.74, 6) is -0.986. The highest BCUT2D eigenvalue weighted by Gasteiger charge is 2.46. The molecular formula is C24H17ClN2O4S. The van der Waals surface area contributed by atoms with Crippen molar-refractivity contribution >= 4 is 44.1 Å². The van der Waals surface area contributed by atoms with Crippen LogP contribution in [0.2, 0.25) is 5.02 Å². The molecule has 0 saturated carbocycles. The number of pyridine rings is 1. The van der Waals surface area contributed by atoms with Crippen molar-refractivity contribution in [2.75, 3.05) is 11.4 Å². The van der Waals surface area contributed by atoms with Crippen molar-refractivity contribution in [3.8, 4) is 5.75 Å². The van der Waals surface area contributed by atoms with E-state index in [0.717, 1.165) is 4.31 Å². The Bertz CT molecular complexity index is 1480. The highest BCUT2D eigenvalue weighted by molar-refractivity contribution is 7.93. The lowest BCUT2D eigenvalue weighted by Crippen LogP contribution is -2.35. The maximum atomic E-state index is 13.8. The summed E-state index contributed by atoms with van der Waals surface area (Å²) in [6, 6.07) is 20.2. The molecule has 0 radical (unpaired) electrons. The number of aromatic nitrogens is 1. The van der Waals surface area contributed by atoms with E-state index >= 15 is 0 Å². The fourth-order valence-electron chi connectivity index (χ4n) is 4.15. The van der Waals surface area contributed by atoms with Gasteiger partial charge in [0.05, 0.1) is 24.2 Å². The summed E-state index contributed by atoms with van der Waals surface area (Å²) in [7, 11) is -2.76. The van der Waals surface area contributed by atoms with E-state index in [-0.39, 0.29) is 10.6 Å². The molecule has 1 atom stereocenters. The van der Waals surface area contributed by atoms with E-state index in [0.29, 0.717) is 32.8 Å². The predicted octanol–water partition coefficient (Wildman–Crippen LogP) is 4.76. The van der Waals surface area contributed by atoms with Gasteiger partial charge in [-0.25, -0.2) is 12.7 Å². The second kappa shape index (κ2) is 7.62. The number of para-hydroxylation sites is 2. The van der Waals surface area contributed by atoms with Gasteiger partial charge in [0, 0.05) is 22.2 Å². The first kappa shape index (κ1) is 20.5. The third-order valence-corrected chi connectivity index (χ3v) is 7.51. The second-order valence-electron chi connectivity index (χ2n) is 7.32. The van der Waals surface area contributed by atoms with Gasteiger partial charge in [-0.05, 0) is 42.0 Å². The van der Waals surface area contributed by atoms with Crippen LogP contribution in [0.15, 0.2) is 83.9 Å². The maximum Gasteiger partial charge on any atom is 0.273 e. The first-order valence-electron chi connectivity index (χ1n) is 9.79. The minimum atomic E-state index is -4.26. The van der Waals surface area contributed by atoms with Crippen LogP contribution in [-0.4, -0.2) is 26.4 Å². The number of halogens is 1. The summed E-state index contributed by atoms with van der Waals surface area (Å²) >= 11 is 6.23. The summed E-state index contributed by atoms with van der Waals surface area (Å²) in [4.78, 5) is 17.9. The Hall–Kier alpha value is -3.42. The Balaban J connectivity index is 1.74. The van der Waals surface area contributed by atoms with Gasteiger partial charge >= 0.3 is 0 Å². The van der Waals surface area contributed by atoms with Gasteiger partial charge in [0.15, 0.2) is 0 Å². The van der Waals surface area contributed by atoms with Gasteiger partial charge in [-0.1, -0.05) is 48.0 Å². The average molecular weight is 465 g/mol. The van der Waals surface area contributed by atoms with E-state index in [1.807, 2.05) is 0 Å². The molecule has 0 N–H and O–H groups in total. The molecule has 8 heteroatoms. The molecule has 0 bridgehead atoms. The number of methoxy groups -OCH3 is 1. The summed E-state index contributed by atoms with van der Waals surface area (Å²) in [6.45, 7) is 0. The lowest BCUT2D eigenvalue weighted by atomic mass is 9.92. The standard InChI is InChI=1S/C24H17ClN2O4S/c1-31-20-9-3-2-8-17(20)22-18-14-16(25)11-12-19(18)27(24(22)28)32(29,30)21-10-4-6-15-7-5-13-26-23(15)21/h2-14,22H,1H3. The van der Waals surface area contributed by atoms with Crippen LogP contribution in [0.25, 0.3) is 10.9 Å². The number of nitrogens with zero attached hydrogens (tertiary/aromatic N) is 2. The molecule has 0 saturated heterocycles. The fraction of sp³-hybridized carbons (Fsp3) is 0.0833. The summed E-state index contributed by atoms with van der Waals surface area (Å²) in [6.07, 6.45) is 1.53. The number of sulfonamides is 1. The van der Waals surface area contributed by atoms with Crippen LogP contribution in [-0.2, 0) is 14.8 Å². The molecule has 1 amide bonds. The first-order chi connectivity index (χ1) is 15.4. The highest BCUT2D eigenvalue weighted by atomic mass is 35.5. The number of fused-ring (bicyclic) bond motifs is 2. The molecule has 160 valence electrons. The number of ether oxygens (including phenoxy) is 1. The third-order valence-electron chi connectivity index (χ3n) is 5.53. The number of anilines is 1. The molecule has 4 aromatic rings. The molecule has 1 aliphatic rings. The van der Waals surface area contributed by atoms with Crippen LogP contribution in [0.4, 0.5) is 5.69 Å². The van der Waals surface area contributed by atoms with Gasteiger partial charge in [0.25, 0.3) is 15.9 Å². The van der Waals surface area contributed by atoms with E-state index in [1.54, 1.807) is 66.7 Å². The smallest absolute Gasteiger partial charge is 0.273 e. The van der Waals surface area contributed by atoms with E-state index in [9.17, 15) is 13.2 Å². The van der Waals surface area contributed by atoms with Crippen LogP contribution < -0.4 is 9.04 Å². The molecule has 5 rings (SSSR count). The van der Waals surface area contributed by atoms with Crippen molar-refractivity contribution in [2.45, 2.75) is 10.8 Å². The zero-order chi connectivity index (χ0) is 22.5. The van der Waals surface area contributed by atoms with Gasteiger partial charge in [0.2, 0.25) is 0 Å². The molecule has 0 spiro atoms. The van der Waals surface area contributed by atoms with Crippen molar-refractivity contribution < 1.29 is 17.9 Å². The van der Waals surface area contributed by atoms with Crippen LogP contribution in [0, 0.1) is 0 Å². The molecule has 1 aliphatic heterocycles. The Morgan fingerprint density at radius 3 is 2.56 bits per heavy atom. The number of hydrogen-bond donors (Lipinski definition) is 0. The van der Waals surface area contributed by atoms with Gasteiger partial charge in [-0.3, -0.25) is 9.78 Å². The lowest BCUT2D eigenvalue weighted by molar-refractivity contribution is -0.117. The van der Waals surface area contributed by atoms with Crippen LogP contribution >= 0.6 is 11.6 Å². The molecule has 2 heterocycles. The first-order valence-corrected chi connectivity index (χ1v) is 11.6. The minimum absolute atomic E-state index is 0.0365. The summed E-state index contributed by atoms with van der Waals surface area (Å²) in [5.41, 5.74) is 1.64. The average Bonchev–Trinajstić information content (AvgIpc) is 3.10. The van der Waals surface area contributed by atoms with E-state index in [1.165, 1.54) is 19.4 Å². The third kappa shape index (κ3) is 3.04. The molecule has 3 aromatic carbocycles. The Morgan fingerprint density at radius 1 is 0.969 bits per heavy atom. The molecule has 1 unspecified atom stereocenters. The van der Waals surface area contributed by atoms with Crippen molar-refractivity contribution in [1.29, 1.82) is 0 Å². The van der Waals surface area contributed by atoms with E-state index < -0.39 is 21.8 Å². The Kier molecular flexibility index (Phi) is 4.87. The number of carbonyl (C=O) groups is 1. The second-order valence-corrected chi connectivity index (χ2v) is 9.51. The normalized spacial score (nSPS) is 15.8.